The first-order chi connectivity index (χ1) is 12.3. The highest BCUT2D eigenvalue weighted by Gasteiger charge is 2.31. The van der Waals surface area contributed by atoms with E-state index in [0.717, 1.165) is 11.8 Å². The van der Waals surface area contributed by atoms with Gasteiger partial charge in [-0.05, 0) is 37.1 Å². The number of nitrogens with zero attached hydrogens (tertiary/aromatic N) is 1. The lowest BCUT2D eigenvalue weighted by Gasteiger charge is -2.14. The van der Waals surface area contributed by atoms with E-state index in [9.17, 15) is 18.8 Å². The molecule has 138 valence electrons. The molecule has 1 unspecified atom stereocenters. The SMILES string of the molecule is CC(NC(=O)CCCN1C(=O)/C(=C/c2ccc(F)cc2)SC1=S)C(=O)O. The number of hydrogen-bond donors (Lipinski definition) is 2. The monoisotopic (exact) mass is 396 g/mol. The highest BCUT2D eigenvalue weighted by Crippen LogP contribution is 2.32. The number of benzene rings is 1. The predicted molar refractivity (Wildman–Crippen MR) is 101 cm³/mol. The van der Waals surface area contributed by atoms with E-state index < -0.39 is 17.9 Å². The maximum atomic E-state index is 12.9. The van der Waals surface area contributed by atoms with Gasteiger partial charge in [-0.3, -0.25) is 19.3 Å². The van der Waals surface area contributed by atoms with Crippen LogP contribution in [0.15, 0.2) is 29.2 Å². The van der Waals surface area contributed by atoms with Crippen LogP contribution in [0, 0.1) is 5.82 Å². The third-order valence-corrected chi connectivity index (χ3v) is 4.95. The molecule has 0 aromatic heterocycles. The number of thioether (sulfide) groups is 1. The van der Waals surface area contributed by atoms with E-state index in [-0.39, 0.29) is 24.7 Å². The van der Waals surface area contributed by atoms with Crippen molar-refractivity contribution in [1.82, 2.24) is 10.2 Å². The standard InChI is InChI=1S/C17H17FN2O4S2/c1-10(16(23)24)19-14(21)3-2-8-20-15(22)13(26-17(20)25)9-11-4-6-12(18)7-5-11/h4-7,9-10H,2-3,8H2,1H3,(H,19,21)(H,23,24)/b13-9-. The molecule has 0 saturated carbocycles. The van der Waals surface area contributed by atoms with Gasteiger partial charge in [0, 0.05) is 13.0 Å². The lowest BCUT2D eigenvalue weighted by molar-refractivity contribution is -0.141. The molecule has 0 bridgehead atoms. The lowest BCUT2D eigenvalue weighted by Crippen LogP contribution is -2.38. The summed E-state index contributed by atoms with van der Waals surface area (Å²) < 4.78 is 13.3. The minimum atomic E-state index is -1.11. The summed E-state index contributed by atoms with van der Waals surface area (Å²) in [6.07, 6.45) is 2.08. The van der Waals surface area contributed by atoms with Gasteiger partial charge < -0.3 is 10.4 Å². The molecule has 0 aliphatic carbocycles. The van der Waals surface area contributed by atoms with Gasteiger partial charge in [-0.15, -0.1) is 0 Å². The number of aliphatic carboxylic acids is 1. The number of hydrogen-bond acceptors (Lipinski definition) is 5. The van der Waals surface area contributed by atoms with Gasteiger partial charge in [-0.25, -0.2) is 4.39 Å². The molecule has 2 rings (SSSR count). The number of nitrogens with one attached hydrogen (secondary N) is 1. The average Bonchev–Trinajstić information content (AvgIpc) is 2.84. The Bertz CT molecular complexity index is 765. The summed E-state index contributed by atoms with van der Waals surface area (Å²) in [7, 11) is 0. The van der Waals surface area contributed by atoms with Crippen molar-refractivity contribution in [2.24, 2.45) is 0 Å². The molecule has 6 nitrogen and oxygen atoms in total. The minimum absolute atomic E-state index is 0.0890. The number of halogens is 1. The second kappa shape index (κ2) is 8.91. The lowest BCUT2D eigenvalue weighted by atomic mass is 10.2. The van der Waals surface area contributed by atoms with Crippen LogP contribution < -0.4 is 5.32 Å². The van der Waals surface area contributed by atoms with Crippen LogP contribution in [0.5, 0.6) is 0 Å². The molecule has 26 heavy (non-hydrogen) atoms. The van der Waals surface area contributed by atoms with Gasteiger partial charge in [-0.2, -0.15) is 0 Å². The molecule has 0 spiro atoms. The first kappa shape index (κ1) is 20.1. The second-order valence-electron chi connectivity index (χ2n) is 5.62. The van der Waals surface area contributed by atoms with Crippen molar-refractivity contribution in [3.05, 3.63) is 40.6 Å². The molecule has 1 aliphatic rings. The molecule has 1 aromatic rings. The van der Waals surface area contributed by atoms with Crippen LogP contribution in [-0.4, -0.2) is 44.7 Å². The van der Waals surface area contributed by atoms with Crippen LogP contribution in [0.1, 0.15) is 25.3 Å². The van der Waals surface area contributed by atoms with E-state index in [1.54, 1.807) is 18.2 Å². The zero-order valence-corrected chi connectivity index (χ0v) is 15.5. The van der Waals surface area contributed by atoms with Gasteiger partial charge >= 0.3 is 5.97 Å². The van der Waals surface area contributed by atoms with Crippen LogP contribution >= 0.6 is 24.0 Å². The van der Waals surface area contributed by atoms with E-state index in [0.29, 0.717) is 21.2 Å². The molecule has 1 heterocycles. The summed E-state index contributed by atoms with van der Waals surface area (Å²) in [5.74, 6) is -2.12. The quantitative estimate of drug-likeness (QED) is 0.544. The van der Waals surface area contributed by atoms with Gasteiger partial charge in [0.2, 0.25) is 5.91 Å². The number of carboxylic acid groups (broad SMARTS) is 1. The molecule has 1 atom stereocenters. The van der Waals surface area contributed by atoms with Crippen molar-refractivity contribution in [1.29, 1.82) is 0 Å². The summed E-state index contributed by atoms with van der Waals surface area (Å²) in [6, 6.07) is 4.79. The Labute approximate surface area is 159 Å². The number of carboxylic acids is 1. The minimum Gasteiger partial charge on any atom is -0.480 e. The molecule has 0 radical (unpaired) electrons. The largest absolute Gasteiger partial charge is 0.480 e. The zero-order chi connectivity index (χ0) is 19.3. The highest BCUT2D eigenvalue weighted by atomic mass is 32.2. The molecule has 9 heteroatoms. The van der Waals surface area contributed by atoms with Crippen LogP contribution in [0.25, 0.3) is 6.08 Å². The molecular weight excluding hydrogens is 379 g/mol. The van der Waals surface area contributed by atoms with E-state index in [2.05, 4.69) is 5.32 Å². The highest BCUT2D eigenvalue weighted by molar-refractivity contribution is 8.26. The normalized spacial score (nSPS) is 16.8. The first-order valence-electron chi connectivity index (χ1n) is 7.81. The molecule has 1 aromatic carbocycles. The van der Waals surface area contributed by atoms with E-state index in [1.807, 2.05) is 0 Å². The number of thiocarbonyl (C=S) groups is 1. The number of carbonyl (C=O) groups excluding carboxylic acids is 2. The fourth-order valence-corrected chi connectivity index (χ4v) is 3.48. The smallest absolute Gasteiger partial charge is 0.325 e. The van der Waals surface area contributed by atoms with Crippen LogP contribution in [-0.2, 0) is 14.4 Å². The Kier molecular flexibility index (Phi) is 6.87. The van der Waals surface area contributed by atoms with Gasteiger partial charge in [0.25, 0.3) is 5.91 Å². The summed E-state index contributed by atoms with van der Waals surface area (Å²) in [5.41, 5.74) is 0.689. The van der Waals surface area contributed by atoms with E-state index in [1.165, 1.54) is 24.0 Å². The van der Waals surface area contributed by atoms with Gasteiger partial charge in [0.1, 0.15) is 16.2 Å². The zero-order valence-electron chi connectivity index (χ0n) is 13.9. The third kappa shape index (κ3) is 5.37. The van der Waals surface area contributed by atoms with Crippen LogP contribution in [0.2, 0.25) is 0 Å². The van der Waals surface area contributed by atoms with E-state index in [4.69, 9.17) is 17.3 Å². The van der Waals surface area contributed by atoms with Gasteiger partial charge in [0.05, 0.1) is 4.91 Å². The van der Waals surface area contributed by atoms with Crippen molar-refractivity contribution in [3.63, 3.8) is 0 Å². The van der Waals surface area contributed by atoms with E-state index >= 15 is 0 Å². The van der Waals surface area contributed by atoms with Crippen LogP contribution in [0.3, 0.4) is 0 Å². The molecule has 2 amide bonds. The van der Waals surface area contributed by atoms with Gasteiger partial charge in [-0.1, -0.05) is 36.1 Å². The second-order valence-corrected chi connectivity index (χ2v) is 7.29. The number of amides is 2. The Balaban J connectivity index is 1.90. The molecule has 1 saturated heterocycles. The Morgan fingerprint density at radius 1 is 1.38 bits per heavy atom. The van der Waals surface area contributed by atoms with Gasteiger partial charge in [0.15, 0.2) is 0 Å². The molecular formula is C17H17FN2O4S2. The van der Waals surface area contributed by atoms with Crippen molar-refractivity contribution in [2.45, 2.75) is 25.8 Å². The first-order valence-corrected chi connectivity index (χ1v) is 9.03. The summed E-state index contributed by atoms with van der Waals surface area (Å²) >= 11 is 6.35. The molecule has 1 aliphatic heterocycles. The van der Waals surface area contributed by atoms with Crippen molar-refractivity contribution in [2.75, 3.05) is 6.54 Å². The summed E-state index contributed by atoms with van der Waals surface area (Å²) in [5, 5.41) is 11.1. The van der Waals surface area contributed by atoms with Crippen molar-refractivity contribution in [3.8, 4) is 0 Å². The van der Waals surface area contributed by atoms with Crippen LogP contribution in [0.4, 0.5) is 4.39 Å². The maximum absolute atomic E-state index is 12.9. The van der Waals surface area contributed by atoms with Crippen molar-refractivity contribution >= 4 is 52.2 Å². The van der Waals surface area contributed by atoms with Crippen molar-refractivity contribution < 1.29 is 23.9 Å². The number of rotatable bonds is 7. The average molecular weight is 396 g/mol. The fourth-order valence-electron chi connectivity index (χ4n) is 2.18. The Morgan fingerprint density at radius 2 is 2.04 bits per heavy atom. The summed E-state index contributed by atoms with van der Waals surface area (Å²) in [4.78, 5) is 36.6. The fraction of sp³-hybridized carbons (Fsp3) is 0.294. The topological polar surface area (TPSA) is 86.7 Å². The number of carbonyl (C=O) groups is 3. The molecule has 1 fully saturated rings. The third-order valence-electron chi connectivity index (χ3n) is 3.57. The Morgan fingerprint density at radius 3 is 2.65 bits per heavy atom. The predicted octanol–water partition coefficient (Wildman–Crippen LogP) is 2.40. The Hall–Kier alpha value is -2.26. The maximum Gasteiger partial charge on any atom is 0.325 e. The summed E-state index contributed by atoms with van der Waals surface area (Å²) in [6.45, 7) is 1.64. The molecule has 2 N–H and O–H groups in total.